The lowest BCUT2D eigenvalue weighted by Gasteiger charge is -2.18. The van der Waals surface area contributed by atoms with Gasteiger partial charge in [-0.25, -0.2) is 0 Å². The van der Waals surface area contributed by atoms with Gasteiger partial charge in [-0.05, 0) is 30.8 Å². The molecule has 0 bridgehead atoms. The quantitative estimate of drug-likeness (QED) is 0.848. The highest BCUT2D eigenvalue weighted by Gasteiger charge is 2.05. The van der Waals surface area contributed by atoms with Gasteiger partial charge in [0.2, 0.25) is 0 Å². The molecule has 2 heterocycles. The molecule has 1 N–H and O–H groups in total. The summed E-state index contributed by atoms with van der Waals surface area (Å²) in [5.41, 5.74) is 2.20. The molecule has 96 valence electrons. The van der Waals surface area contributed by atoms with E-state index in [1.54, 1.807) is 6.26 Å². The number of pyridine rings is 1. The summed E-state index contributed by atoms with van der Waals surface area (Å²) in [5, 5.41) is 3.28. The molecular weight excluding hydrogens is 226 g/mol. The molecule has 0 atom stereocenters. The van der Waals surface area contributed by atoms with E-state index in [9.17, 15) is 0 Å². The van der Waals surface area contributed by atoms with Crippen LogP contribution in [0.5, 0.6) is 0 Å². The molecule has 0 unspecified atom stereocenters. The standard InChI is InChI=1S/C14H19N3O/c1-3-15-10-12-9-13(6-7-16-12)17(2)11-14-5-4-8-18-14/h4-9,15H,3,10-11H2,1-2H3. The van der Waals surface area contributed by atoms with Crippen LogP contribution < -0.4 is 10.2 Å². The number of nitrogens with zero attached hydrogens (tertiary/aromatic N) is 2. The van der Waals surface area contributed by atoms with E-state index in [2.05, 4.69) is 35.2 Å². The van der Waals surface area contributed by atoms with E-state index in [0.29, 0.717) is 0 Å². The van der Waals surface area contributed by atoms with Crippen molar-refractivity contribution >= 4 is 5.69 Å². The number of furan rings is 1. The van der Waals surface area contributed by atoms with Gasteiger partial charge in [0.05, 0.1) is 18.5 Å². The maximum atomic E-state index is 5.35. The molecule has 0 aromatic carbocycles. The van der Waals surface area contributed by atoms with Crippen molar-refractivity contribution in [2.45, 2.75) is 20.0 Å². The van der Waals surface area contributed by atoms with E-state index in [1.807, 2.05) is 24.4 Å². The van der Waals surface area contributed by atoms with Crippen LogP contribution in [0.15, 0.2) is 41.1 Å². The largest absolute Gasteiger partial charge is 0.467 e. The zero-order valence-corrected chi connectivity index (χ0v) is 10.9. The fraction of sp³-hybridized carbons (Fsp3) is 0.357. The average Bonchev–Trinajstić information content (AvgIpc) is 2.89. The third-order valence-electron chi connectivity index (χ3n) is 2.77. The first-order valence-corrected chi connectivity index (χ1v) is 6.18. The van der Waals surface area contributed by atoms with Gasteiger partial charge >= 0.3 is 0 Å². The number of rotatable bonds is 6. The smallest absolute Gasteiger partial charge is 0.123 e. The molecule has 0 aliphatic heterocycles. The Labute approximate surface area is 108 Å². The first-order valence-electron chi connectivity index (χ1n) is 6.18. The first-order chi connectivity index (χ1) is 8.79. The van der Waals surface area contributed by atoms with Gasteiger partial charge in [0.1, 0.15) is 5.76 Å². The second-order valence-electron chi connectivity index (χ2n) is 4.22. The molecule has 4 nitrogen and oxygen atoms in total. The number of aromatic nitrogens is 1. The van der Waals surface area contributed by atoms with Crippen molar-refractivity contribution < 1.29 is 4.42 Å². The predicted octanol–water partition coefficient (Wildman–Crippen LogP) is 2.42. The van der Waals surface area contributed by atoms with Gasteiger partial charge in [0.25, 0.3) is 0 Å². The molecule has 2 rings (SSSR count). The molecule has 0 aliphatic rings. The van der Waals surface area contributed by atoms with Gasteiger partial charge in [0, 0.05) is 25.5 Å². The van der Waals surface area contributed by atoms with E-state index in [-0.39, 0.29) is 0 Å². The van der Waals surface area contributed by atoms with Crippen LogP contribution in [0, 0.1) is 0 Å². The summed E-state index contributed by atoms with van der Waals surface area (Å²) < 4.78 is 5.35. The van der Waals surface area contributed by atoms with E-state index in [0.717, 1.165) is 36.8 Å². The van der Waals surface area contributed by atoms with E-state index < -0.39 is 0 Å². The molecule has 0 saturated heterocycles. The summed E-state index contributed by atoms with van der Waals surface area (Å²) in [6.07, 6.45) is 3.55. The highest BCUT2D eigenvalue weighted by Crippen LogP contribution is 2.16. The van der Waals surface area contributed by atoms with E-state index in [4.69, 9.17) is 4.42 Å². The third-order valence-corrected chi connectivity index (χ3v) is 2.77. The Balaban J connectivity index is 2.03. The summed E-state index contributed by atoms with van der Waals surface area (Å²) in [6.45, 7) is 4.61. The minimum atomic E-state index is 0.762. The number of hydrogen-bond donors (Lipinski definition) is 1. The number of hydrogen-bond acceptors (Lipinski definition) is 4. The zero-order chi connectivity index (χ0) is 12.8. The SMILES string of the molecule is CCNCc1cc(N(C)Cc2ccco2)ccn1. The minimum absolute atomic E-state index is 0.762. The van der Waals surface area contributed by atoms with Crippen LogP contribution in [0.3, 0.4) is 0 Å². The molecule has 0 saturated carbocycles. The second-order valence-corrected chi connectivity index (χ2v) is 4.22. The van der Waals surface area contributed by atoms with Crippen LogP contribution >= 0.6 is 0 Å². The molecular formula is C14H19N3O. The Morgan fingerprint density at radius 2 is 2.28 bits per heavy atom. The highest BCUT2D eigenvalue weighted by molar-refractivity contribution is 5.45. The summed E-state index contributed by atoms with van der Waals surface area (Å²) in [6, 6.07) is 8.01. The van der Waals surface area contributed by atoms with Crippen LogP contribution in [0.4, 0.5) is 5.69 Å². The van der Waals surface area contributed by atoms with Gasteiger partial charge < -0.3 is 14.6 Å². The second kappa shape index (κ2) is 6.21. The summed E-state index contributed by atoms with van der Waals surface area (Å²) >= 11 is 0. The Bertz CT molecular complexity index is 468. The van der Waals surface area contributed by atoms with Gasteiger partial charge in [0.15, 0.2) is 0 Å². The lowest BCUT2D eigenvalue weighted by Crippen LogP contribution is -2.17. The third kappa shape index (κ3) is 3.34. The van der Waals surface area contributed by atoms with Gasteiger partial charge in [-0.15, -0.1) is 0 Å². The normalized spacial score (nSPS) is 10.6. The molecule has 18 heavy (non-hydrogen) atoms. The Hall–Kier alpha value is -1.81. The van der Waals surface area contributed by atoms with Gasteiger partial charge in [-0.3, -0.25) is 4.98 Å². The van der Waals surface area contributed by atoms with Crippen molar-refractivity contribution in [3.05, 3.63) is 48.2 Å². The van der Waals surface area contributed by atoms with Crippen molar-refractivity contribution in [1.82, 2.24) is 10.3 Å². The monoisotopic (exact) mass is 245 g/mol. The molecule has 0 radical (unpaired) electrons. The molecule has 0 fully saturated rings. The first kappa shape index (κ1) is 12.6. The van der Waals surface area contributed by atoms with E-state index in [1.165, 1.54) is 0 Å². The molecule has 0 amide bonds. The van der Waals surface area contributed by atoms with Crippen molar-refractivity contribution in [3.63, 3.8) is 0 Å². The summed E-state index contributed by atoms with van der Waals surface area (Å²) in [5.74, 6) is 0.961. The molecule has 0 spiro atoms. The Morgan fingerprint density at radius 3 is 3.00 bits per heavy atom. The zero-order valence-electron chi connectivity index (χ0n) is 10.9. The van der Waals surface area contributed by atoms with Gasteiger partial charge in [-0.2, -0.15) is 0 Å². The summed E-state index contributed by atoms with van der Waals surface area (Å²) in [4.78, 5) is 6.49. The maximum absolute atomic E-state index is 5.35. The van der Waals surface area contributed by atoms with Gasteiger partial charge in [-0.1, -0.05) is 6.92 Å². The van der Waals surface area contributed by atoms with E-state index >= 15 is 0 Å². The average molecular weight is 245 g/mol. The highest BCUT2D eigenvalue weighted by atomic mass is 16.3. The van der Waals surface area contributed by atoms with Crippen LogP contribution in [0.2, 0.25) is 0 Å². The van der Waals surface area contributed by atoms with Crippen molar-refractivity contribution in [2.75, 3.05) is 18.5 Å². The van der Waals surface area contributed by atoms with Crippen molar-refractivity contribution in [1.29, 1.82) is 0 Å². The number of anilines is 1. The maximum Gasteiger partial charge on any atom is 0.123 e. The molecule has 4 heteroatoms. The van der Waals surface area contributed by atoms with Crippen molar-refractivity contribution in [2.24, 2.45) is 0 Å². The Morgan fingerprint density at radius 1 is 1.39 bits per heavy atom. The van der Waals surface area contributed by atoms with Crippen LogP contribution in [-0.4, -0.2) is 18.6 Å². The molecule has 2 aromatic rings. The van der Waals surface area contributed by atoms with Crippen LogP contribution in [-0.2, 0) is 13.1 Å². The predicted molar refractivity (Wildman–Crippen MR) is 72.4 cm³/mol. The fourth-order valence-corrected chi connectivity index (χ4v) is 1.78. The van der Waals surface area contributed by atoms with Crippen LogP contribution in [0.25, 0.3) is 0 Å². The summed E-state index contributed by atoms with van der Waals surface area (Å²) in [7, 11) is 2.05. The number of nitrogens with one attached hydrogen (secondary N) is 1. The molecule has 0 aliphatic carbocycles. The van der Waals surface area contributed by atoms with Crippen LogP contribution in [0.1, 0.15) is 18.4 Å². The Kier molecular flexibility index (Phi) is 4.36. The van der Waals surface area contributed by atoms with Crippen molar-refractivity contribution in [3.8, 4) is 0 Å². The lowest BCUT2D eigenvalue weighted by atomic mass is 10.3. The topological polar surface area (TPSA) is 41.3 Å². The fourth-order valence-electron chi connectivity index (χ4n) is 1.78. The lowest BCUT2D eigenvalue weighted by molar-refractivity contribution is 0.507. The molecule has 2 aromatic heterocycles. The minimum Gasteiger partial charge on any atom is -0.467 e.